The van der Waals surface area contributed by atoms with Gasteiger partial charge in [0.15, 0.2) is 24.6 Å². The van der Waals surface area contributed by atoms with Crippen molar-refractivity contribution in [1.82, 2.24) is 0 Å². The Morgan fingerprint density at radius 1 is 0.479 bits per heavy atom. The first-order valence-corrected chi connectivity index (χ1v) is 27.6. The molecule has 1 saturated heterocycles. The molecule has 0 saturated carbocycles. The molecule has 3 N–H and O–H groups in total. The van der Waals surface area contributed by atoms with Crippen LogP contribution in [0.4, 0.5) is 0 Å². The molecule has 1 aliphatic heterocycles. The second-order valence-corrected chi connectivity index (χ2v) is 18.5. The summed E-state index contributed by atoms with van der Waals surface area (Å²) in [4.78, 5) is 50.9. The summed E-state index contributed by atoms with van der Waals surface area (Å²) in [7, 11) is 0. The highest BCUT2D eigenvalue weighted by molar-refractivity contribution is 5.74. The number of unbranched alkanes of at least 4 members (excludes halogenated alkanes) is 17. The molecule has 6 atom stereocenters. The molecule has 12 nitrogen and oxygen atoms in total. The molecule has 0 amide bonds. The smallest absolute Gasteiger partial charge is 0.335 e. The minimum Gasteiger partial charge on any atom is -0.479 e. The Kier molecular flexibility index (Phi) is 42.9. The SMILES string of the molecule is CC/C=C\C/C=C\C/C=C\C/C=C\CCC(=O)OC(COC(=O)CCCCCCCCC/C=C\C/C=C\CCCCC)COC1OC(C(=O)O)C(O)C(O)C1OC(=O)CCCCCCC/C=C\CCCC. The molecule has 0 aromatic heterocycles. The molecule has 0 bridgehead atoms. The van der Waals surface area contributed by atoms with Crippen molar-refractivity contribution in [2.75, 3.05) is 13.2 Å². The summed E-state index contributed by atoms with van der Waals surface area (Å²) in [6, 6.07) is 0. The lowest BCUT2D eigenvalue weighted by atomic mass is 9.98. The summed E-state index contributed by atoms with van der Waals surface area (Å²) in [5, 5.41) is 31.3. The largest absolute Gasteiger partial charge is 0.479 e. The number of rotatable bonds is 45. The van der Waals surface area contributed by atoms with Crippen LogP contribution in [0.25, 0.3) is 0 Å². The Labute approximate surface area is 429 Å². The van der Waals surface area contributed by atoms with Crippen molar-refractivity contribution in [2.45, 2.75) is 250 Å². The number of allylic oxidation sites excluding steroid dienone is 14. The first-order valence-electron chi connectivity index (χ1n) is 27.6. The van der Waals surface area contributed by atoms with Gasteiger partial charge in [-0.1, -0.05) is 183 Å². The number of aliphatic hydroxyl groups excluding tert-OH is 2. The van der Waals surface area contributed by atoms with Gasteiger partial charge >= 0.3 is 23.9 Å². The van der Waals surface area contributed by atoms with E-state index >= 15 is 0 Å². The van der Waals surface area contributed by atoms with Crippen molar-refractivity contribution < 1.29 is 58.2 Å². The first kappa shape index (κ1) is 64.9. The van der Waals surface area contributed by atoms with E-state index in [-0.39, 0.29) is 25.9 Å². The van der Waals surface area contributed by atoms with Crippen LogP contribution in [-0.2, 0) is 42.9 Å². The van der Waals surface area contributed by atoms with Crippen molar-refractivity contribution in [3.05, 3.63) is 85.1 Å². The van der Waals surface area contributed by atoms with E-state index in [1.54, 1.807) is 0 Å². The molecule has 12 heteroatoms. The van der Waals surface area contributed by atoms with Crippen molar-refractivity contribution in [3.8, 4) is 0 Å². The van der Waals surface area contributed by atoms with Gasteiger partial charge in [-0.15, -0.1) is 0 Å². The summed E-state index contributed by atoms with van der Waals surface area (Å²) in [5.41, 5.74) is 0. The lowest BCUT2D eigenvalue weighted by Crippen LogP contribution is -2.61. The fourth-order valence-electron chi connectivity index (χ4n) is 7.69. The van der Waals surface area contributed by atoms with Gasteiger partial charge in [-0.3, -0.25) is 14.4 Å². The number of carboxylic acid groups (broad SMARTS) is 1. The van der Waals surface area contributed by atoms with Crippen LogP contribution in [0.1, 0.15) is 213 Å². The number of aliphatic hydroxyl groups is 2. The van der Waals surface area contributed by atoms with Gasteiger partial charge in [0.1, 0.15) is 18.8 Å². The van der Waals surface area contributed by atoms with E-state index in [2.05, 4.69) is 93.7 Å². The van der Waals surface area contributed by atoms with Crippen LogP contribution >= 0.6 is 0 Å². The van der Waals surface area contributed by atoms with E-state index < -0.39 is 67.3 Å². The Balaban J connectivity index is 2.75. The molecule has 0 aliphatic carbocycles. The third kappa shape index (κ3) is 37.3. The number of carbonyl (C=O) groups excluding carboxylic acids is 3. The quantitative estimate of drug-likeness (QED) is 0.0228. The van der Waals surface area contributed by atoms with E-state index in [4.69, 9.17) is 23.7 Å². The molecular formula is C59H96O12. The average Bonchev–Trinajstić information content (AvgIpc) is 3.35. The molecular weight excluding hydrogens is 901 g/mol. The topological polar surface area (TPSA) is 175 Å². The predicted octanol–water partition coefficient (Wildman–Crippen LogP) is 13.6. The lowest BCUT2D eigenvalue weighted by molar-refractivity contribution is -0.301. The van der Waals surface area contributed by atoms with Gasteiger partial charge in [0, 0.05) is 19.3 Å². The predicted molar refractivity (Wildman–Crippen MR) is 284 cm³/mol. The number of hydrogen-bond acceptors (Lipinski definition) is 11. The van der Waals surface area contributed by atoms with Crippen molar-refractivity contribution in [3.63, 3.8) is 0 Å². The minimum absolute atomic E-state index is 0.0362. The lowest BCUT2D eigenvalue weighted by Gasteiger charge is -2.40. The number of carboxylic acids is 1. The van der Waals surface area contributed by atoms with Crippen LogP contribution in [0.5, 0.6) is 0 Å². The molecule has 1 heterocycles. The standard InChI is InChI=1S/C59H96O12/c1-4-7-10-13-16-19-22-24-25-26-27-29-31-33-36-39-42-45-51(60)67-48-50(69-52(61)46-43-40-37-35-32-28-23-20-17-14-11-8-5-2)49-68-59-57(55(64)54(63)56(71-59)58(65)66)70-53(62)47-44-41-38-34-30-21-18-15-12-9-6-3/h8,11,15-20,24-25,28,32,37,40,50,54-57,59,63-64H,4-7,9-10,12-14,21-23,26-27,29-31,33-36,38-39,41-49H2,1-3H3,(H,65,66)/b11-8-,18-15-,19-16-,20-17-,25-24-,32-28-,40-37-. The third-order valence-electron chi connectivity index (χ3n) is 11.9. The highest BCUT2D eigenvalue weighted by Crippen LogP contribution is 2.26. The molecule has 0 aromatic rings. The zero-order valence-electron chi connectivity index (χ0n) is 44.2. The van der Waals surface area contributed by atoms with Crippen LogP contribution in [-0.4, -0.2) is 89.2 Å². The molecule has 0 radical (unpaired) electrons. The van der Waals surface area contributed by atoms with Gasteiger partial charge in [0.25, 0.3) is 0 Å². The number of carbonyl (C=O) groups is 4. The number of esters is 3. The molecule has 0 aromatic carbocycles. The molecule has 404 valence electrons. The normalized spacial score (nSPS) is 19.1. The Bertz CT molecular complexity index is 1560. The van der Waals surface area contributed by atoms with Gasteiger partial charge in [0.05, 0.1) is 6.61 Å². The van der Waals surface area contributed by atoms with Crippen molar-refractivity contribution in [2.24, 2.45) is 0 Å². The maximum absolute atomic E-state index is 13.1. The highest BCUT2D eigenvalue weighted by atomic mass is 16.7. The third-order valence-corrected chi connectivity index (χ3v) is 11.9. The van der Waals surface area contributed by atoms with Crippen LogP contribution in [0.3, 0.4) is 0 Å². The molecule has 71 heavy (non-hydrogen) atoms. The Morgan fingerprint density at radius 3 is 1.46 bits per heavy atom. The van der Waals surface area contributed by atoms with Gasteiger partial charge in [-0.05, 0) is 96.3 Å². The fourth-order valence-corrected chi connectivity index (χ4v) is 7.69. The van der Waals surface area contributed by atoms with E-state index in [9.17, 15) is 34.5 Å². The van der Waals surface area contributed by atoms with E-state index in [1.165, 1.54) is 51.4 Å². The minimum atomic E-state index is -1.92. The summed E-state index contributed by atoms with van der Waals surface area (Å²) < 4.78 is 28.2. The second kappa shape index (κ2) is 46.9. The molecule has 1 fully saturated rings. The van der Waals surface area contributed by atoms with Gasteiger partial charge < -0.3 is 39.0 Å². The van der Waals surface area contributed by atoms with Crippen LogP contribution in [0, 0.1) is 0 Å². The maximum Gasteiger partial charge on any atom is 0.335 e. The number of aliphatic carboxylic acids is 1. The number of hydrogen-bond donors (Lipinski definition) is 3. The zero-order chi connectivity index (χ0) is 51.8. The maximum atomic E-state index is 13.1. The van der Waals surface area contributed by atoms with E-state index in [0.717, 1.165) is 96.3 Å². The average molecular weight is 997 g/mol. The zero-order valence-corrected chi connectivity index (χ0v) is 44.2. The van der Waals surface area contributed by atoms with Gasteiger partial charge in [0.2, 0.25) is 0 Å². The molecule has 6 unspecified atom stereocenters. The summed E-state index contributed by atoms with van der Waals surface area (Å²) in [6.07, 6.45) is 47.3. The van der Waals surface area contributed by atoms with E-state index in [1.807, 2.05) is 12.2 Å². The Morgan fingerprint density at radius 2 is 0.930 bits per heavy atom. The molecule has 1 rings (SSSR count). The van der Waals surface area contributed by atoms with Crippen molar-refractivity contribution in [1.29, 1.82) is 0 Å². The van der Waals surface area contributed by atoms with Gasteiger partial charge in [-0.25, -0.2) is 4.79 Å². The highest BCUT2D eigenvalue weighted by Gasteiger charge is 2.50. The van der Waals surface area contributed by atoms with Gasteiger partial charge in [-0.2, -0.15) is 0 Å². The monoisotopic (exact) mass is 997 g/mol. The Hall–Kier alpha value is -4.10. The van der Waals surface area contributed by atoms with E-state index in [0.29, 0.717) is 25.7 Å². The van der Waals surface area contributed by atoms with Crippen molar-refractivity contribution >= 4 is 23.9 Å². The molecule has 0 spiro atoms. The van der Waals surface area contributed by atoms with Crippen LogP contribution in [0.15, 0.2) is 85.1 Å². The number of ether oxygens (including phenoxy) is 5. The fraction of sp³-hybridized carbons (Fsp3) is 0.695. The molecule has 1 aliphatic rings. The van der Waals surface area contributed by atoms with Crippen LogP contribution < -0.4 is 0 Å². The van der Waals surface area contributed by atoms with Crippen LogP contribution in [0.2, 0.25) is 0 Å². The summed E-state index contributed by atoms with van der Waals surface area (Å²) in [6.45, 7) is 5.71. The summed E-state index contributed by atoms with van der Waals surface area (Å²) in [5.74, 6) is -3.26. The summed E-state index contributed by atoms with van der Waals surface area (Å²) >= 11 is 0. The second-order valence-electron chi connectivity index (χ2n) is 18.5. The first-order chi connectivity index (χ1) is 34.6.